The first-order chi connectivity index (χ1) is 15.3. The van der Waals surface area contributed by atoms with Crippen molar-refractivity contribution in [3.05, 3.63) is 12.2 Å². The highest BCUT2D eigenvalue weighted by Gasteiger charge is 2.08. The van der Waals surface area contributed by atoms with Crippen molar-refractivity contribution in [1.29, 1.82) is 0 Å². The topological polar surface area (TPSA) is 76.7 Å². The number of ether oxygens (including phenoxy) is 2. The quantitative estimate of drug-likeness (QED) is 0.172. The van der Waals surface area contributed by atoms with Crippen LogP contribution in [0.4, 0.5) is 0 Å². The normalized spacial score (nSPS) is 12.0. The molecule has 188 valence electrons. The van der Waals surface area contributed by atoms with Crippen LogP contribution in [0, 0.1) is 0 Å². The third-order valence-corrected chi connectivity index (χ3v) is 5.17. The van der Waals surface area contributed by atoms with Crippen molar-refractivity contribution < 1.29 is 19.1 Å². The number of hydrogen-bond donors (Lipinski definition) is 2. The third-order valence-electron chi connectivity index (χ3n) is 5.17. The van der Waals surface area contributed by atoms with Crippen LogP contribution in [-0.4, -0.2) is 50.3 Å². The Hall–Kier alpha value is -1.40. The van der Waals surface area contributed by atoms with Gasteiger partial charge in [-0.1, -0.05) is 44.8 Å². The minimum absolute atomic E-state index is 0.0410. The molecule has 0 heterocycles. The van der Waals surface area contributed by atoms with Crippen LogP contribution in [0.2, 0.25) is 0 Å². The first kappa shape index (κ1) is 30.6. The second-order valence-electron chi connectivity index (χ2n) is 9.08. The van der Waals surface area contributed by atoms with Crippen LogP contribution in [0.3, 0.4) is 0 Å². The first-order valence-electron chi connectivity index (χ1n) is 12.8. The van der Waals surface area contributed by atoms with Gasteiger partial charge in [-0.15, -0.1) is 0 Å². The first-order valence-corrected chi connectivity index (χ1v) is 12.8. The van der Waals surface area contributed by atoms with E-state index < -0.39 is 0 Å². The van der Waals surface area contributed by atoms with Crippen LogP contribution < -0.4 is 10.6 Å². The number of unbranched alkanes of at least 4 members (excludes halogenated alkanes) is 5. The Balaban J connectivity index is 3.53. The van der Waals surface area contributed by atoms with Gasteiger partial charge >= 0.3 is 0 Å². The molecular weight excluding hydrogens is 404 g/mol. The summed E-state index contributed by atoms with van der Waals surface area (Å²) in [4.78, 5) is 23.5. The zero-order valence-corrected chi connectivity index (χ0v) is 21.3. The number of amides is 2. The molecule has 0 aromatic rings. The molecule has 0 aromatic carbocycles. The molecule has 0 saturated heterocycles. The van der Waals surface area contributed by atoms with Gasteiger partial charge in [0.1, 0.15) is 0 Å². The molecule has 0 radical (unpaired) electrons. The molecule has 0 aliphatic heterocycles. The van der Waals surface area contributed by atoms with Gasteiger partial charge in [-0.05, 0) is 59.3 Å². The molecule has 1 atom stereocenters. The summed E-state index contributed by atoms with van der Waals surface area (Å²) in [6, 6.07) is 0.385. The Bertz CT molecular complexity index is 494. The van der Waals surface area contributed by atoms with Gasteiger partial charge < -0.3 is 20.1 Å². The summed E-state index contributed by atoms with van der Waals surface area (Å²) in [6.07, 6.45) is 11.9. The fourth-order valence-corrected chi connectivity index (χ4v) is 3.36. The maximum absolute atomic E-state index is 12.0. The van der Waals surface area contributed by atoms with Crippen LogP contribution >= 0.6 is 0 Å². The highest BCUT2D eigenvalue weighted by molar-refractivity contribution is 5.76. The predicted octanol–water partition coefficient (Wildman–Crippen LogP) is 5.31. The van der Waals surface area contributed by atoms with E-state index in [-0.39, 0.29) is 23.9 Å². The molecule has 0 aliphatic rings. The number of rotatable bonds is 22. The molecule has 0 aliphatic carbocycles. The van der Waals surface area contributed by atoms with Crippen molar-refractivity contribution in [2.24, 2.45) is 0 Å². The lowest BCUT2D eigenvalue weighted by atomic mass is 10.0. The van der Waals surface area contributed by atoms with Gasteiger partial charge in [0.05, 0.1) is 19.8 Å². The molecule has 0 rings (SSSR count). The van der Waals surface area contributed by atoms with Crippen LogP contribution in [0.1, 0.15) is 105 Å². The van der Waals surface area contributed by atoms with Crippen LogP contribution in [0.25, 0.3) is 0 Å². The highest BCUT2D eigenvalue weighted by Crippen LogP contribution is 2.15. The summed E-state index contributed by atoms with van der Waals surface area (Å²) in [5.41, 5.74) is 1.27. The Morgan fingerprint density at radius 1 is 0.719 bits per heavy atom. The molecule has 2 amide bonds. The molecular formula is C26H50N2O4. The van der Waals surface area contributed by atoms with E-state index in [1.165, 1.54) is 31.3 Å². The number of hydrogen-bond acceptors (Lipinski definition) is 4. The van der Waals surface area contributed by atoms with Gasteiger partial charge in [0.25, 0.3) is 0 Å². The van der Waals surface area contributed by atoms with Gasteiger partial charge in [0.2, 0.25) is 11.8 Å². The fourth-order valence-electron chi connectivity index (χ4n) is 3.36. The summed E-state index contributed by atoms with van der Waals surface area (Å²) in [6.45, 7) is 14.6. The summed E-state index contributed by atoms with van der Waals surface area (Å²) < 4.78 is 10.8. The van der Waals surface area contributed by atoms with E-state index >= 15 is 0 Å². The van der Waals surface area contributed by atoms with Gasteiger partial charge in [0.15, 0.2) is 0 Å². The van der Waals surface area contributed by atoms with E-state index in [0.29, 0.717) is 32.7 Å². The van der Waals surface area contributed by atoms with E-state index in [9.17, 15) is 9.59 Å². The standard InChI is InChI=1S/C26H50N2O4/c1-6-18-31-20-21-32-19-17-26(30)28-24(5)16-15-23(4)13-11-9-7-8-10-12-14-25(29)27-22(2)3/h22,24H,4,6-21H2,1-3,5H3,(H,27,29)(H,28,30). The van der Waals surface area contributed by atoms with Gasteiger partial charge in [-0.2, -0.15) is 0 Å². The smallest absolute Gasteiger partial charge is 0.222 e. The molecule has 32 heavy (non-hydrogen) atoms. The van der Waals surface area contributed by atoms with Crippen LogP contribution in [0.15, 0.2) is 12.2 Å². The van der Waals surface area contributed by atoms with Gasteiger partial charge in [-0.3, -0.25) is 9.59 Å². The molecule has 0 spiro atoms. The molecule has 0 fully saturated rings. The predicted molar refractivity (Wildman–Crippen MR) is 133 cm³/mol. The average molecular weight is 455 g/mol. The van der Waals surface area contributed by atoms with Gasteiger partial charge in [-0.25, -0.2) is 0 Å². The molecule has 0 aromatic heterocycles. The van der Waals surface area contributed by atoms with E-state index in [2.05, 4.69) is 24.1 Å². The lowest BCUT2D eigenvalue weighted by Crippen LogP contribution is -2.33. The van der Waals surface area contributed by atoms with Crippen LogP contribution in [-0.2, 0) is 19.1 Å². The fraction of sp³-hybridized carbons (Fsp3) is 0.846. The molecule has 2 N–H and O–H groups in total. The van der Waals surface area contributed by atoms with E-state index in [4.69, 9.17) is 9.47 Å². The Labute approximate surface area is 197 Å². The number of carbonyl (C=O) groups excluding carboxylic acids is 2. The van der Waals surface area contributed by atoms with Crippen LogP contribution in [0.5, 0.6) is 0 Å². The second-order valence-corrected chi connectivity index (χ2v) is 9.08. The summed E-state index contributed by atoms with van der Waals surface area (Å²) in [7, 11) is 0. The summed E-state index contributed by atoms with van der Waals surface area (Å²) in [5, 5.41) is 5.97. The molecule has 1 unspecified atom stereocenters. The van der Waals surface area contributed by atoms with Crippen molar-refractivity contribution in [2.75, 3.05) is 26.4 Å². The van der Waals surface area contributed by atoms with E-state index in [1.54, 1.807) is 0 Å². The Kier molecular flexibility index (Phi) is 20.5. The molecule has 6 heteroatoms. The zero-order chi connectivity index (χ0) is 24.0. The minimum atomic E-state index is 0.0410. The number of allylic oxidation sites excluding steroid dienone is 1. The average Bonchev–Trinajstić information content (AvgIpc) is 2.73. The van der Waals surface area contributed by atoms with Crippen molar-refractivity contribution in [3.8, 4) is 0 Å². The summed E-state index contributed by atoms with van der Waals surface area (Å²) in [5.74, 6) is 0.210. The molecule has 6 nitrogen and oxygen atoms in total. The van der Waals surface area contributed by atoms with Crippen molar-refractivity contribution >= 4 is 11.8 Å². The highest BCUT2D eigenvalue weighted by atomic mass is 16.5. The SMILES string of the molecule is C=C(CCCCCCCCC(=O)NC(C)C)CCC(C)NC(=O)CCOCCOCCC. The lowest BCUT2D eigenvalue weighted by Gasteiger charge is -2.15. The second kappa shape index (κ2) is 21.4. The van der Waals surface area contributed by atoms with Gasteiger partial charge in [0, 0.05) is 31.5 Å². The number of carbonyl (C=O) groups is 2. The lowest BCUT2D eigenvalue weighted by molar-refractivity contribution is -0.123. The largest absolute Gasteiger partial charge is 0.379 e. The monoisotopic (exact) mass is 454 g/mol. The van der Waals surface area contributed by atoms with E-state index in [1.807, 2.05) is 20.8 Å². The summed E-state index contributed by atoms with van der Waals surface area (Å²) >= 11 is 0. The maximum atomic E-state index is 12.0. The Morgan fingerprint density at radius 3 is 1.91 bits per heavy atom. The zero-order valence-electron chi connectivity index (χ0n) is 21.3. The van der Waals surface area contributed by atoms with Crippen molar-refractivity contribution in [1.82, 2.24) is 10.6 Å². The van der Waals surface area contributed by atoms with E-state index in [0.717, 1.165) is 45.1 Å². The molecule has 0 saturated carbocycles. The maximum Gasteiger partial charge on any atom is 0.222 e. The minimum Gasteiger partial charge on any atom is -0.379 e. The van der Waals surface area contributed by atoms with Crippen molar-refractivity contribution in [2.45, 2.75) is 117 Å². The molecule has 0 bridgehead atoms. The van der Waals surface area contributed by atoms with Crippen molar-refractivity contribution in [3.63, 3.8) is 0 Å². The third kappa shape index (κ3) is 21.8. The number of nitrogens with one attached hydrogen (secondary N) is 2. The Morgan fingerprint density at radius 2 is 1.28 bits per heavy atom.